The molecule has 0 unspecified atom stereocenters. The quantitative estimate of drug-likeness (QED) is 0.493. The lowest BCUT2D eigenvalue weighted by Crippen LogP contribution is -2.65. The highest BCUT2D eigenvalue weighted by molar-refractivity contribution is 6.47. The van der Waals surface area contributed by atoms with Gasteiger partial charge in [-0.2, -0.15) is 0 Å². The van der Waals surface area contributed by atoms with Crippen molar-refractivity contribution >= 4 is 19.3 Å². The summed E-state index contributed by atoms with van der Waals surface area (Å²) in [6.45, 7) is 15.2. The number of hydrogen-bond donors (Lipinski definition) is 1. The molecule has 1 N–H and O–H groups in total. The number of amides is 2. The lowest BCUT2D eigenvalue weighted by atomic mass is 9.43. The third kappa shape index (κ3) is 5.67. The summed E-state index contributed by atoms with van der Waals surface area (Å²) in [6.07, 6.45) is 3.48. The van der Waals surface area contributed by atoms with Gasteiger partial charge in [-0.05, 0) is 89.5 Å². The second-order valence-corrected chi connectivity index (χ2v) is 13.8. The first-order valence-corrected chi connectivity index (χ1v) is 14.6. The van der Waals surface area contributed by atoms with Gasteiger partial charge in [0, 0.05) is 6.54 Å². The van der Waals surface area contributed by atoms with Crippen LogP contribution in [-0.2, 0) is 25.2 Å². The van der Waals surface area contributed by atoms with E-state index in [0.717, 1.165) is 24.8 Å². The summed E-state index contributed by atoms with van der Waals surface area (Å²) in [5.41, 5.74) is 1.58. The van der Waals surface area contributed by atoms with Gasteiger partial charge < -0.3 is 29.0 Å². The van der Waals surface area contributed by atoms with Crippen molar-refractivity contribution in [3.05, 3.63) is 35.4 Å². The molecule has 6 rings (SSSR count). The Hall–Kier alpha value is -2.26. The zero-order chi connectivity index (χ0) is 28.2. The topological polar surface area (TPSA) is 86.3 Å². The fourth-order valence-electron chi connectivity index (χ4n) is 7.20. The molecule has 2 bridgehead atoms. The standard InChI is InChI=1S/C30H45BN2O6/c1-19-10-12-20(13-11-19)15-25(31-38-24-17-21-16-23(29(21,5)6)30(24,7)39-31)32-26(34)36-18-22-9-8-14-33(22)27(35)37-28(2,3)4/h10-13,21-25H,8-9,14-18H2,1-7H3,(H,32,34)/t21-,22+,23-,24+,25-,30-/m0/s1. The first kappa shape index (κ1) is 28.3. The van der Waals surface area contributed by atoms with Gasteiger partial charge in [-0.25, -0.2) is 9.59 Å². The van der Waals surface area contributed by atoms with Gasteiger partial charge in [0.2, 0.25) is 0 Å². The van der Waals surface area contributed by atoms with Crippen molar-refractivity contribution in [3.8, 4) is 0 Å². The number of rotatable bonds is 6. The van der Waals surface area contributed by atoms with E-state index in [-0.39, 0.29) is 35.9 Å². The Morgan fingerprint density at radius 2 is 1.90 bits per heavy atom. The molecule has 1 aromatic rings. The fourth-order valence-corrected chi connectivity index (χ4v) is 7.20. The molecule has 39 heavy (non-hydrogen) atoms. The van der Waals surface area contributed by atoms with Gasteiger partial charge in [-0.15, -0.1) is 0 Å². The van der Waals surface area contributed by atoms with Crippen LogP contribution in [0.3, 0.4) is 0 Å². The monoisotopic (exact) mass is 540 g/mol. The second-order valence-electron chi connectivity index (χ2n) is 13.8. The number of likely N-dealkylation sites (tertiary alicyclic amines) is 1. The Kier molecular flexibility index (Phi) is 7.46. The van der Waals surface area contributed by atoms with E-state index in [1.807, 2.05) is 20.8 Å². The van der Waals surface area contributed by atoms with Crippen LogP contribution in [-0.4, -0.2) is 66.6 Å². The molecule has 0 spiro atoms. The van der Waals surface area contributed by atoms with E-state index < -0.39 is 24.8 Å². The Morgan fingerprint density at radius 1 is 1.18 bits per heavy atom. The van der Waals surface area contributed by atoms with Gasteiger partial charge in [0.05, 0.1) is 23.7 Å². The molecule has 8 nitrogen and oxygen atoms in total. The van der Waals surface area contributed by atoms with Crippen LogP contribution in [0.4, 0.5) is 9.59 Å². The van der Waals surface area contributed by atoms with Crippen molar-refractivity contribution in [3.63, 3.8) is 0 Å². The average Bonchev–Trinajstić information content (AvgIpc) is 3.46. The molecule has 2 saturated heterocycles. The highest BCUT2D eigenvalue weighted by atomic mass is 16.7. The summed E-state index contributed by atoms with van der Waals surface area (Å²) in [6, 6.07) is 8.11. The van der Waals surface area contributed by atoms with E-state index in [2.05, 4.69) is 57.3 Å². The molecule has 6 atom stereocenters. The molecule has 5 aliphatic rings. The smallest absolute Gasteiger partial charge is 0.447 e. The van der Waals surface area contributed by atoms with E-state index in [1.54, 1.807) is 4.90 Å². The number of benzene rings is 1. The van der Waals surface area contributed by atoms with Gasteiger partial charge in [0.15, 0.2) is 0 Å². The van der Waals surface area contributed by atoms with Crippen molar-refractivity contribution in [2.75, 3.05) is 13.2 Å². The summed E-state index contributed by atoms with van der Waals surface area (Å²) in [5, 5.41) is 3.06. The van der Waals surface area contributed by atoms with Crippen LogP contribution in [0.1, 0.15) is 78.4 Å². The number of nitrogens with zero attached hydrogens (tertiary/aromatic N) is 1. The highest BCUT2D eigenvalue weighted by Gasteiger charge is 2.68. The summed E-state index contributed by atoms with van der Waals surface area (Å²) < 4.78 is 24.5. The van der Waals surface area contributed by atoms with E-state index in [0.29, 0.717) is 24.8 Å². The Morgan fingerprint density at radius 3 is 2.56 bits per heavy atom. The summed E-state index contributed by atoms with van der Waals surface area (Å²) in [4.78, 5) is 27.4. The van der Waals surface area contributed by atoms with Crippen LogP contribution >= 0.6 is 0 Å². The van der Waals surface area contributed by atoms with Crippen LogP contribution in [0.2, 0.25) is 0 Å². The van der Waals surface area contributed by atoms with Gasteiger partial charge in [-0.1, -0.05) is 43.7 Å². The van der Waals surface area contributed by atoms with Crippen molar-refractivity contribution in [1.82, 2.24) is 10.2 Å². The zero-order valence-corrected chi connectivity index (χ0v) is 24.6. The number of nitrogens with one attached hydrogen (secondary N) is 1. The molecule has 9 heteroatoms. The molecule has 5 fully saturated rings. The fraction of sp³-hybridized carbons (Fsp3) is 0.733. The minimum absolute atomic E-state index is 0.0264. The minimum atomic E-state index is -0.573. The largest absolute Gasteiger partial charge is 0.482 e. The number of ether oxygens (including phenoxy) is 2. The predicted octanol–water partition coefficient (Wildman–Crippen LogP) is 5.30. The maximum absolute atomic E-state index is 13.1. The average molecular weight is 541 g/mol. The zero-order valence-electron chi connectivity index (χ0n) is 24.6. The molecule has 2 aliphatic heterocycles. The first-order chi connectivity index (χ1) is 18.3. The van der Waals surface area contributed by atoms with Crippen molar-refractivity contribution < 1.29 is 28.4 Å². The molecule has 214 valence electrons. The second kappa shape index (κ2) is 10.3. The maximum Gasteiger partial charge on any atom is 0.482 e. The predicted molar refractivity (Wildman–Crippen MR) is 149 cm³/mol. The molecule has 3 aliphatic carbocycles. The van der Waals surface area contributed by atoms with Gasteiger partial charge >= 0.3 is 19.3 Å². The number of aryl methyl sites for hydroxylation is 1. The van der Waals surface area contributed by atoms with Crippen molar-refractivity contribution in [2.24, 2.45) is 17.3 Å². The van der Waals surface area contributed by atoms with Crippen molar-refractivity contribution in [1.29, 1.82) is 0 Å². The summed E-state index contributed by atoms with van der Waals surface area (Å²) in [5.74, 6) is 0.677. The molecular formula is C30H45BN2O6. The van der Waals surface area contributed by atoms with E-state index in [9.17, 15) is 9.59 Å². The number of alkyl carbamates (subject to hydrolysis) is 1. The number of hydrogen-bond acceptors (Lipinski definition) is 6. The Balaban J connectivity index is 1.24. The first-order valence-electron chi connectivity index (χ1n) is 14.6. The Bertz CT molecular complexity index is 1070. The normalized spacial score (nSPS) is 31.8. The van der Waals surface area contributed by atoms with E-state index in [4.69, 9.17) is 18.8 Å². The molecule has 2 heterocycles. The molecule has 3 saturated carbocycles. The van der Waals surface area contributed by atoms with Gasteiger partial charge in [0.25, 0.3) is 0 Å². The van der Waals surface area contributed by atoms with Crippen LogP contribution in [0.5, 0.6) is 0 Å². The van der Waals surface area contributed by atoms with Crippen molar-refractivity contribution in [2.45, 2.75) is 110 Å². The number of carbonyl (C=O) groups excluding carboxylic acids is 2. The molecule has 2 amide bonds. The van der Waals surface area contributed by atoms with Gasteiger partial charge in [-0.3, -0.25) is 0 Å². The highest BCUT2D eigenvalue weighted by Crippen LogP contribution is 2.65. The summed E-state index contributed by atoms with van der Waals surface area (Å²) >= 11 is 0. The lowest BCUT2D eigenvalue weighted by molar-refractivity contribution is -0.199. The van der Waals surface area contributed by atoms with Crippen LogP contribution in [0.25, 0.3) is 0 Å². The van der Waals surface area contributed by atoms with E-state index >= 15 is 0 Å². The molecule has 0 radical (unpaired) electrons. The third-order valence-electron chi connectivity index (χ3n) is 9.59. The lowest BCUT2D eigenvalue weighted by Gasteiger charge is -2.64. The molecule has 1 aromatic carbocycles. The van der Waals surface area contributed by atoms with Gasteiger partial charge in [0.1, 0.15) is 12.2 Å². The summed E-state index contributed by atoms with van der Waals surface area (Å²) in [7, 11) is -0.561. The molecule has 0 aromatic heterocycles. The minimum Gasteiger partial charge on any atom is -0.447 e. The SMILES string of the molecule is Cc1ccc(C[C@H](NC(=O)OC[C@H]2CCCN2C(=O)OC(C)(C)C)B2O[C@@H]3C[C@@H]4C[C@@H](C4(C)C)[C@]3(C)O2)cc1. The number of carbonyl (C=O) groups is 2. The van der Waals surface area contributed by atoms with Crippen LogP contribution < -0.4 is 5.32 Å². The van der Waals surface area contributed by atoms with Crippen LogP contribution in [0.15, 0.2) is 24.3 Å². The van der Waals surface area contributed by atoms with Crippen LogP contribution in [0, 0.1) is 24.2 Å². The maximum atomic E-state index is 13.1. The third-order valence-corrected chi connectivity index (χ3v) is 9.59. The Labute approximate surface area is 233 Å². The van der Waals surface area contributed by atoms with E-state index in [1.165, 1.54) is 12.0 Å². The molecular weight excluding hydrogens is 495 g/mol.